The Morgan fingerprint density at radius 2 is 1.89 bits per heavy atom. The standard InChI is InChI=1S/C7H15NS/c1-7(2,3)9-6-4-8-5-6/h6,8H,4-5H2,1-3H3. The van der Waals surface area contributed by atoms with Crippen LogP contribution in [0.25, 0.3) is 0 Å². The molecule has 1 heterocycles. The smallest absolute Gasteiger partial charge is 0.0302 e. The highest BCUT2D eigenvalue weighted by molar-refractivity contribution is 8.01. The number of rotatable bonds is 1. The predicted octanol–water partition coefficient (Wildman–Crippen LogP) is 1.49. The van der Waals surface area contributed by atoms with Crippen molar-refractivity contribution in [2.45, 2.75) is 30.8 Å². The molecule has 54 valence electrons. The lowest BCUT2D eigenvalue weighted by atomic mass is 10.2. The first-order chi connectivity index (χ1) is 4.08. The van der Waals surface area contributed by atoms with Gasteiger partial charge in [-0.3, -0.25) is 0 Å². The Labute approximate surface area is 61.6 Å². The molecule has 2 heteroatoms. The van der Waals surface area contributed by atoms with E-state index >= 15 is 0 Å². The molecule has 0 aromatic heterocycles. The molecule has 1 aliphatic rings. The molecule has 1 aliphatic heterocycles. The molecule has 0 atom stereocenters. The fourth-order valence-electron chi connectivity index (χ4n) is 0.846. The van der Waals surface area contributed by atoms with E-state index in [4.69, 9.17) is 0 Å². The van der Waals surface area contributed by atoms with Crippen molar-refractivity contribution in [2.24, 2.45) is 0 Å². The average molecular weight is 145 g/mol. The zero-order valence-corrected chi connectivity index (χ0v) is 7.22. The summed E-state index contributed by atoms with van der Waals surface area (Å²) < 4.78 is 0.451. The van der Waals surface area contributed by atoms with Gasteiger partial charge in [-0.25, -0.2) is 0 Å². The van der Waals surface area contributed by atoms with Gasteiger partial charge < -0.3 is 5.32 Å². The third-order valence-corrected chi connectivity index (χ3v) is 2.64. The Morgan fingerprint density at radius 3 is 2.00 bits per heavy atom. The van der Waals surface area contributed by atoms with Crippen LogP contribution in [0.3, 0.4) is 0 Å². The number of hydrogen-bond acceptors (Lipinski definition) is 2. The zero-order valence-electron chi connectivity index (χ0n) is 6.40. The monoisotopic (exact) mass is 145 g/mol. The quantitative estimate of drug-likeness (QED) is 0.600. The highest BCUT2D eigenvalue weighted by atomic mass is 32.2. The molecule has 0 unspecified atom stereocenters. The van der Waals surface area contributed by atoms with Crippen LogP contribution >= 0.6 is 11.8 Å². The van der Waals surface area contributed by atoms with Crippen molar-refractivity contribution < 1.29 is 0 Å². The molecule has 0 aliphatic carbocycles. The highest BCUT2D eigenvalue weighted by Crippen LogP contribution is 2.29. The van der Waals surface area contributed by atoms with Gasteiger partial charge >= 0.3 is 0 Å². The fourth-order valence-corrected chi connectivity index (χ4v) is 2.25. The van der Waals surface area contributed by atoms with Gasteiger partial charge in [0.25, 0.3) is 0 Å². The van der Waals surface area contributed by atoms with Gasteiger partial charge in [-0.1, -0.05) is 20.8 Å². The maximum Gasteiger partial charge on any atom is 0.0302 e. The van der Waals surface area contributed by atoms with Crippen molar-refractivity contribution in [1.29, 1.82) is 0 Å². The van der Waals surface area contributed by atoms with Crippen LogP contribution in [0.2, 0.25) is 0 Å². The molecule has 0 aromatic carbocycles. The summed E-state index contributed by atoms with van der Waals surface area (Å²) in [6.07, 6.45) is 0. The molecule has 0 saturated carbocycles. The van der Waals surface area contributed by atoms with E-state index in [0.717, 1.165) is 5.25 Å². The maximum atomic E-state index is 3.26. The van der Waals surface area contributed by atoms with E-state index in [9.17, 15) is 0 Å². The summed E-state index contributed by atoms with van der Waals surface area (Å²) in [5, 5.41) is 4.14. The summed E-state index contributed by atoms with van der Waals surface area (Å²) >= 11 is 2.08. The summed E-state index contributed by atoms with van der Waals surface area (Å²) in [5.41, 5.74) is 0. The van der Waals surface area contributed by atoms with E-state index in [-0.39, 0.29) is 0 Å². The Morgan fingerprint density at radius 1 is 1.33 bits per heavy atom. The minimum Gasteiger partial charge on any atom is -0.314 e. The summed E-state index contributed by atoms with van der Waals surface area (Å²) in [4.78, 5) is 0. The molecule has 0 amide bonds. The molecule has 0 radical (unpaired) electrons. The summed E-state index contributed by atoms with van der Waals surface area (Å²) in [5.74, 6) is 0. The van der Waals surface area contributed by atoms with Crippen LogP contribution in [0.1, 0.15) is 20.8 Å². The van der Waals surface area contributed by atoms with Crippen LogP contribution in [0.15, 0.2) is 0 Å². The van der Waals surface area contributed by atoms with Gasteiger partial charge in [-0.05, 0) is 0 Å². The first-order valence-corrected chi connectivity index (χ1v) is 4.34. The van der Waals surface area contributed by atoms with Gasteiger partial charge in [-0.15, -0.1) is 11.8 Å². The van der Waals surface area contributed by atoms with Crippen molar-refractivity contribution in [3.8, 4) is 0 Å². The normalized spacial score (nSPS) is 21.7. The van der Waals surface area contributed by atoms with Crippen molar-refractivity contribution in [3.05, 3.63) is 0 Å². The largest absolute Gasteiger partial charge is 0.314 e. The van der Waals surface area contributed by atoms with Gasteiger partial charge in [0, 0.05) is 23.1 Å². The molecular formula is C7H15NS. The van der Waals surface area contributed by atoms with E-state index in [2.05, 4.69) is 37.8 Å². The van der Waals surface area contributed by atoms with Crippen LogP contribution < -0.4 is 5.32 Å². The first-order valence-electron chi connectivity index (χ1n) is 3.46. The third kappa shape index (κ3) is 2.59. The number of hydrogen-bond donors (Lipinski definition) is 1. The molecule has 0 bridgehead atoms. The third-order valence-electron chi connectivity index (χ3n) is 1.26. The van der Waals surface area contributed by atoms with Gasteiger partial charge in [0.05, 0.1) is 0 Å². The fraction of sp³-hybridized carbons (Fsp3) is 1.00. The molecule has 1 N–H and O–H groups in total. The van der Waals surface area contributed by atoms with Crippen LogP contribution in [-0.2, 0) is 0 Å². The second-order valence-electron chi connectivity index (χ2n) is 3.51. The zero-order chi connectivity index (χ0) is 6.91. The SMILES string of the molecule is CC(C)(C)SC1CNC1. The summed E-state index contributed by atoms with van der Waals surface area (Å²) in [6, 6.07) is 0. The molecule has 0 aromatic rings. The lowest BCUT2D eigenvalue weighted by Gasteiger charge is -2.32. The van der Waals surface area contributed by atoms with Gasteiger partial charge in [0.2, 0.25) is 0 Å². The van der Waals surface area contributed by atoms with Crippen LogP contribution in [0.4, 0.5) is 0 Å². The average Bonchev–Trinajstić information content (AvgIpc) is 1.53. The second kappa shape index (κ2) is 2.51. The predicted molar refractivity (Wildman–Crippen MR) is 44.0 cm³/mol. The van der Waals surface area contributed by atoms with E-state index in [0.29, 0.717) is 4.75 Å². The first kappa shape index (κ1) is 7.42. The van der Waals surface area contributed by atoms with Crippen LogP contribution in [0, 0.1) is 0 Å². The summed E-state index contributed by atoms with van der Waals surface area (Å²) in [7, 11) is 0. The second-order valence-corrected chi connectivity index (χ2v) is 5.64. The topological polar surface area (TPSA) is 12.0 Å². The molecular weight excluding hydrogens is 130 g/mol. The Bertz CT molecular complexity index is 91.6. The van der Waals surface area contributed by atoms with E-state index < -0.39 is 0 Å². The maximum absolute atomic E-state index is 3.26. The molecule has 1 rings (SSSR count). The van der Waals surface area contributed by atoms with E-state index in [1.807, 2.05) is 0 Å². The molecule has 1 saturated heterocycles. The van der Waals surface area contributed by atoms with Crippen molar-refractivity contribution >= 4 is 11.8 Å². The number of thioether (sulfide) groups is 1. The van der Waals surface area contributed by atoms with Gasteiger partial charge in [0.15, 0.2) is 0 Å². The van der Waals surface area contributed by atoms with Crippen molar-refractivity contribution in [1.82, 2.24) is 5.32 Å². The van der Waals surface area contributed by atoms with Crippen LogP contribution in [0.5, 0.6) is 0 Å². The Balaban J connectivity index is 2.16. The van der Waals surface area contributed by atoms with Gasteiger partial charge in [0.1, 0.15) is 0 Å². The van der Waals surface area contributed by atoms with Crippen molar-refractivity contribution in [3.63, 3.8) is 0 Å². The minimum atomic E-state index is 0.451. The van der Waals surface area contributed by atoms with Crippen molar-refractivity contribution in [2.75, 3.05) is 13.1 Å². The van der Waals surface area contributed by atoms with E-state index in [1.165, 1.54) is 13.1 Å². The molecule has 9 heavy (non-hydrogen) atoms. The molecule has 1 nitrogen and oxygen atoms in total. The number of nitrogens with one attached hydrogen (secondary N) is 1. The van der Waals surface area contributed by atoms with Gasteiger partial charge in [-0.2, -0.15) is 0 Å². The lowest BCUT2D eigenvalue weighted by molar-refractivity contribution is 0.538. The lowest BCUT2D eigenvalue weighted by Crippen LogP contribution is -2.46. The van der Waals surface area contributed by atoms with Crippen LogP contribution in [-0.4, -0.2) is 23.1 Å². The minimum absolute atomic E-state index is 0.451. The highest BCUT2D eigenvalue weighted by Gasteiger charge is 2.23. The summed E-state index contributed by atoms with van der Waals surface area (Å²) in [6.45, 7) is 9.24. The Hall–Kier alpha value is 0.310. The molecule has 1 fully saturated rings. The Kier molecular flexibility index (Phi) is 2.07. The van der Waals surface area contributed by atoms with E-state index in [1.54, 1.807) is 0 Å². The molecule has 0 spiro atoms.